The first kappa shape index (κ1) is 20.1. The molecule has 1 N–H and O–H groups in total. The predicted molar refractivity (Wildman–Crippen MR) is 108 cm³/mol. The summed E-state index contributed by atoms with van der Waals surface area (Å²) in [7, 11) is 1.62. The Labute approximate surface area is 166 Å². The van der Waals surface area contributed by atoms with Crippen LogP contribution in [0.2, 0.25) is 0 Å². The van der Waals surface area contributed by atoms with Gasteiger partial charge in [-0.2, -0.15) is 0 Å². The zero-order chi connectivity index (χ0) is 19.6. The third-order valence-corrected chi connectivity index (χ3v) is 4.85. The number of nitrogens with zero attached hydrogens (tertiary/aromatic N) is 1. The van der Waals surface area contributed by atoms with Crippen molar-refractivity contribution in [3.8, 4) is 11.5 Å². The Kier molecular flexibility index (Phi) is 7.67. The van der Waals surface area contributed by atoms with Crippen molar-refractivity contribution in [1.29, 1.82) is 0 Å². The van der Waals surface area contributed by atoms with Crippen molar-refractivity contribution >= 4 is 11.7 Å². The minimum Gasteiger partial charge on any atom is -0.491 e. The molecule has 2 aromatic rings. The Balaban J connectivity index is 1.61. The molecule has 1 aliphatic carbocycles. The number of rotatable bonds is 9. The molecule has 0 bridgehead atoms. The number of aromatic nitrogens is 1. The molecular formula is C22H28N2O4. The topological polar surface area (TPSA) is 69.7 Å². The summed E-state index contributed by atoms with van der Waals surface area (Å²) in [5.41, 5.74) is 0.499. The fourth-order valence-corrected chi connectivity index (χ4v) is 3.31. The number of ether oxygens (including phenoxy) is 3. The molecule has 1 aromatic heterocycles. The molecule has 6 nitrogen and oxygen atoms in total. The first-order valence-corrected chi connectivity index (χ1v) is 9.87. The van der Waals surface area contributed by atoms with Crippen molar-refractivity contribution in [3.63, 3.8) is 0 Å². The maximum Gasteiger partial charge on any atom is 0.257 e. The Morgan fingerprint density at radius 2 is 1.96 bits per heavy atom. The van der Waals surface area contributed by atoms with Gasteiger partial charge >= 0.3 is 0 Å². The van der Waals surface area contributed by atoms with E-state index in [0.29, 0.717) is 48.6 Å². The zero-order valence-corrected chi connectivity index (χ0v) is 16.4. The molecular weight excluding hydrogens is 356 g/mol. The van der Waals surface area contributed by atoms with Crippen molar-refractivity contribution in [3.05, 3.63) is 48.2 Å². The van der Waals surface area contributed by atoms with Gasteiger partial charge in [0, 0.05) is 18.9 Å². The summed E-state index contributed by atoms with van der Waals surface area (Å²) < 4.78 is 16.5. The summed E-state index contributed by atoms with van der Waals surface area (Å²) in [6.45, 7) is 1.59. The lowest BCUT2D eigenvalue weighted by Gasteiger charge is -2.22. The van der Waals surface area contributed by atoms with Crippen molar-refractivity contribution in [1.82, 2.24) is 4.98 Å². The predicted octanol–water partition coefficient (Wildman–Crippen LogP) is 4.32. The average Bonchev–Trinajstić information content (AvgIpc) is 2.74. The number of anilines is 1. The van der Waals surface area contributed by atoms with Crippen LogP contribution in [0.1, 0.15) is 42.5 Å². The largest absolute Gasteiger partial charge is 0.491 e. The van der Waals surface area contributed by atoms with Crippen LogP contribution >= 0.6 is 0 Å². The lowest BCUT2D eigenvalue weighted by atomic mass is 9.90. The smallest absolute Gasteiger partial charge is 0.257 e. The monoisotopic (exact) mass is 384 g/mol. The summed E-state index contributed by atoms with van der Waals surface area (Å²) in [5, 5.41) is 2.85. The molecule has 1 amide bonds. The molecule has 1 aromatic carbocycles. The summed E-state index contributed by atoms with van der Waals surface area (Å²) in [6, 6.07) is 10.7. The Hall–Kier alpha value is -2.60. The fraction of sp³-hybridized carbons (Fsp3) is 0.455. The average molecular weight is 384 g/mol. The Bertz CT molecular complexity index is 760. The number of amides is 1. The van der Waals surface area contributed by atoms with Crippen LogP contribution in [0.15, 0.2) is 42.6 Å². The first-order valence-electron chi connectivity index (χ1n) is 9.87. The molecule has 150 valence electrons. The van der Waals surface area contributed by atoms with Gasteiger partial charge in [-0.05, 0) is 49.1 Å². The van der Waals surface area contributed by atoms with Crippen LogP contribution in [0.5, 0.6) is 11.5 Å². The molecule has 0 atom stereocenters. The lowest BCUT2D eigenvalue weighted by Crippen LogP contribution is -2.18. The molecule has 28 heavy (non-hydrogen) atoms. The number of methoxy groups -OCH3 is 1. The van der Waals surface area contributed by atoms with Gasteiger partial charge in [0.05, 0.1) is 13.2 Å². The van der Waals surface area contributed by atoms with Gasteiger partial charge in [0.15, 0.2) is 11.6 Å². The van der Waals surface area contributed by atoms with Crippen LogP contribution < -0.4 is 14.8 Å². The summed E-state index contributed by atoms with van der Waals surface area (Å²) in [6.07, 6.45) is 7.92. The summed E-state index contributed by atoms with van der Waals surface area (Å²) in [5.74, 6) is 2.00. The van der Waals surface area contributed by atoms with Gasteiger partial charge in [0.25, 0.3) is 5.91 Å². The second-order valence-electron chi connectivity index (χ2n) is 6.99. The normalized spacial score (nSPS) is 14.5. The number of pyridine rings is 1. The van der Waals surface area contributed by atoms with Gasteiger partial charge < -0.3 is 19.5 Å². The van der Waals surface area contributed by atoms with E-state index in [1.54, 1.807) is 31.5 Å². The maximum absolute atomic E-state index is 12.7. The molecule has 0 spiro atoms. The van der Waals surface area contributed by atoms with E-state index in [-0.39, 0.29) is 5.91 Å². The number of benzene rings is 1. The number of carbonyl (C=O) groups excluding carboxylic acids is 1. The van der Waals surface area contributed by atoms with Crippen molar-refractivity contribution in [2.24, 2.45) is 5.92 Å². The number of carbonyl (C=O) groups is 1. The number of nitrogens with one attached hydrogen (secondary N) is 1. The van der Waals surface area contributed by atoms with Gasteiger partial charge in [-0.3, -0.25) is 4.79 Å². The van der Waals surface area contributed by atoms with Crippen LogP contribution in [-0.4, -0.2) is 37.8 Å². The minimum atomic E-state index is -0.251. The third-order valence-electron chi connectivity index (χ3n) is 4.85. The van der Waals surface area contributed by atoms with Crippen LogP contribution in [0, 0.1) is 5.92 Å². The standard InChI is InChI=1S/C22H28N2O4/c1-26-13-14-27-19-10-5-9-18(15-19)22(25)24-21-20(11-6-12-23-21)28-16-17-7-3-2-4-8-17/h5-6,9-12,15,17H,2-4,7-8,13-14,16H2,1H3,(H,23,24,25). The number of hydrogen-bond acceptors (Lipinski definition) is 5. The molecule has 1 heterocycles. The molecule has 1 aliphatic rings. The lowest BCUT2D eigenvalue weighted by molar-refractivity contribution is 0.102. The first-order chi connectivity index (χ1) is 13.8. The Morgan fingerprint density at radius 3 is 2.79 bits per heavy atom. The molecule has 0 radical (unpaired) electrons. The van der Waals surface area contributed by atoms with E-state index in [9.17, 15) is 4.79 Å². The quantitative estimate of drug-likeness (QED) is 0.652. The van der Waals surface area contributed by atoms with E-state index in [1.807, 2.05) is 18.2 Å². The fourth-order valence-electron chi connectivity index (χ4n) is 3.31. The van der Waals surface area contributed by atoms with E-state index < -0.39 is 0 Å². The van der Waals surface area contributed by atoms with Crippen LogP contribution in [-0.2, 0) is 4.74 Å². The molecule has 0 unspecified atom stereocenters. The van der Waals surface area contributed by atoms with Crippen LogP contribution in [0.4, 0.5) is 5.82 Å². The highest BCUT2D eigenvalue weighted by molar-refractivity contribution is 6.04. The van der Waals surface area contributed by atoms with Gasteiger partial charge in [-0.1, -0.05) is 25.3 Å². The summed E-state index contributed by atoms with van der Waals surface area (Å²) in [4.78, 5) is 17.0. The van der Waals surface area contributed by atoms with E-state index >= 15 is 0 Å². The van der Waals surface area contributed by atoms with Gasteiger partial charge in [0.2, 0.25) is 0 Å². The van der Waals surface area contributed by atoms with Crippen LogP contribution in [0.3, 0.4) is 0 Å². The Morgan fingerprint density at radius 1 is 1.11 bits per heavy atom. The molecule has 1 fully saturated rings. The highest BCUT2D eigenvalue weighted by Gasteiger charge is 2.16. The van der Waals surface area contributed by atoms with Gasteiger partial charge in [-0.15, -0.1) is 0 Å². The highest BCUT2D eigenvalue weighted by Crippen LogP contribution is 2.27. The molecule has 1 saturated carbocycles. The SMILES string of the molecule is COCCOc1cccc(C(=O)Nc2ncccc2OCC2CCCCC2)c1. The van der Waals surface area contributed by atoms with Crippen molar-refractivity contribution < 1.29 is 19.0 Å². The van der Waals surface area contributed by atoms with E-state index in [4.69, 9.17) is 14.2 Å². The molecule has 3 rings (SSSR count). The summed E-state index contributed by atoms with van der Waals surface area (Å²) >= 11 is 0. The van der Waals surface area contributed by atoms with E-state index in [1.165, 1.54) is 32.1 Å². The van der Waals surface area contributed by atoms with Gasteiger partial charge in [0.1, 0.15) is 12.4 Å². The molecule has 6 heteroatoms. The maximum atomic E-state index is 12.7. The van der Waals surface area contributed by atoms with Crippen molar-refractivity contribution in [2.75, 3.05) is 32.2 Å². The zero-order valence-electron chi connectivity index (χ0n) is 16.4. The third kappa shape index (κ3) is 5.96. The van der Waals surface area contributed by atoms with E-state index in [0.717, 1.165) is 0 Å². The number of hydrogen-bond donors (Lipinski definition) is 1. The second-order valence-corrected chi connectivity index (χ2v) is 6.99. The van der Waals surface area contributed by atoms with E-state index in [2.05, 4.69) is 10.3 Å². The second kappa shape index (κ2) is 10.7. The highest BCUT2D eigenvalue weighted by atomic mass is 16.5. The minimum absolute atomic E-state index is 0.251. The molecule has 0 saturated heterocycles. The van der Waals surface area contributed by atoms with Crippen LogP contribution in [0.25, 0.3) is 0 Å². The van der Waals surface area contributed by atoms with Crippen molar-refractivity contribution in [2.45, 2.75) is 32.1 Å². The molecule has 0 aliphatic heterocycles. The van der Waals surface area contributed by atoms with Gasteiger partial charge in [-0.25, -0.2) is 4.98 Å².